The van der Waals surface area contributed by atoms with E-state index in [1.54, 1.807) is 0 Å². The Morgan fingerprint density at radius 2 is 1.43 bits per heavy atom. The third-order valence-electron chi connectivity index (χ3n) is 3.14. The Morgan fingerprint density at radius 3 is 1.87 bits per heavy atom. The molecule has 0 aliphatic rings. The van der Waals surface area contributed by atoms with E-state index < -0.39 is 5.97 Å². The van der Waals surface area contributed by atoms with Crippen molar-refractivity contribution in [3.05, 3.63) is 77.4 Å². The monoisotopic (exact) mass is 302 g/mol. The predicted octanol–water partition coefficient (Wildman–Crippen LogP) is 3.47. The van der Waals surface area contributed by atoms with Gasteiger partial charge in [0.25, 0.3) is 0 Å². The quantitative estimate of drug-likeness (QED) is 0.367. The highest BCUT2D eigenvalue weighted by Crippen LogP contribution is 2.27. The molecule has 0 saturated heterocycles. The number of hydrogen-bond donors (Lipinski definition) is 0. The largest absolute Gasteiger partial charge is 0.460 e. The molecule has 0 spiro atoms. The van der Waals surface area contributed by atoms with Gasteiger partial charge < -0.3 is 4.74 Å². The van der Waals surface area contributed by atoms with Crippen LogP contribution in [0.25, 0.3) is 5.57 Å². The molecule has 23 heavy (non-hydrogen) atoms. The van der Waals surface area contributed by atoms with Gasteiger partial charge >= 0.3 is 5.97 Å². The summed E-state index contributed by atoms with van der Waals surface area (Å²) >= 11 is 0. The number of esters is 1. The highest BCUT2D eigenvalue weighted by Gasteiger charge is 2.19. The predicted molar refractivity (Wildman–Crippen MR) is 85.7 cm³/mol. The highest BCUT2D eigenvalue weighted by atomic mass is 16.5. The van der Waals surface area contributed by atoms with Gasteiger partial charge in [-0.3, -0.25) is 0 Å². The first kappa shape index (κ1) is 16.0. The molecule has 4 heteroatoms. The molecule has 112 valence electrons. The topological polar surface area (TPSA) is 73.9 Å². The van der Waals surface area contributed by atoms with Crippen molar-refractivity contribution < 1.29 is 9.53 Å². The standard InChI is InChI=1S/C19H14N2O2/c20-12-7-13-23-19(22)17(14-21)18(15-8-3-1-4-9-15)16-10-5-2-6-11-16/h1-6,8-11H,7,13H2. The maximum absolute atomic E-state index is 12.2. The van der Waals surface area contributed by atoms with Gasteiger partial charge in [0, 0.05) is 5.57 Å². The van der Waals surface area contributed by atoms with Crippen molar-refractivity contribution in [2.24, 2.45) is 0 Å². The Hall–Kier alpha value is -3.37. The lowest BCUT2D eigenvalue weighted by atomic mass is 9.93. The van der Waals surface area contributed by atoms with Crippen molar-refractivity contribution in [1.82, 2.24) is 0 Å². The summed E-state index contributed by atoms with van der Waals surface area (Å²) in [4.78, 5) is 12.2. The van der Waals surface area contributed by atoms with Crippen LogP contribution < -0.4 is 0 Å². The van der Waals surface area contributed by atoms with Gasteiger partial charge in [0.15, 0.2) is 0 Å². The van der Waals surface area contributed by atoms with E-state index in [2.05, 4.69) is 0 Å². The number of ether oxygens (including phenoxy) is 1. The SMILES string of the molecule is N#CCCOC(=O)C(C#N)=C(c1ccccc1)c1ccccc1. The summed E-state index contributed by atoms with van der Waals surface area (Å²) in [6.45, 7) is -0.0304. The van der Waals surface area contributed by atoms with Crippen molar-refractivity contribution >= 4 is 11.5 Å². The summed E-state index contributed by atoms with van der Waals surface area (Å²) in [6.07, 6.45) is 0.0937. The lowest BCUT2D eigenvalue weighted by molar-refractivity contribution is -0.138. The van der Waals surface area contributed by atoms with Gasteiger partial charge in [0.1, 0.15) is 18.2 Å². The molecule has 2 aromatic rings. The molecule has 0 fully saturated rings. The van der Waals surface area contributed by atoms with Gasteiger partial charge in [-0.15, -0.1) is 0 Å². The molecule has 0 heterocycles. The average Bonchev–Trinajstić information content (AvgIpc) is 2.61. The minimum Gasteiger partial charge on any atom is -0.460 e. The minimum atomic E-state index is -0.717. The van der Waals surface area contributed by atoms with Crippen LogP contribution in [0.5, 0.6) is 0 Å². The third kappa shape index (κ3) is 4.06. The molecule has 0 saturated carbocycles. The molecule has 0 radical (unpaired) electrons. The molecule has 0 N–H and O–H groups in total. The van der Waals surface area contributed by atoms with Crippen molar-refractivity contribution in [2.75, 3.05) is 6.61 Å². The summed E-state index contributed by atoms with van der Waals surface area (Å²) in [6, 6.07) is 22.3. The summed E-state index contributed by atoms with van der Waals surface area (Å²) in [5.74, 6) is -0.717. The molecule has 0 bridgehead atoms. The van der Waals surface area contributed by atoms with Crippen LogP contribution in [-0.2, 0) is 9.53 Å². The van der Waals surface area contributed by atoms with E-state index >= 15 is 0 Å². The van der Waals surface area contributed by atoms with Crippen molar-refractivity contribution in [3.63, 3.8) is 0 Å². The van der Waals surface area contributed by atoms with Gasteiger partial charge in [-0.25, -0.2) is 4.79 Å². The Kier molecular flexibility index (Phi) is 5.68. The third-order valence-corrected chi connectivity index (χ3v) is 3.14. The van der Waals surface area contributed by atoms with Gasteiger partial charge in [0.2, 0.25) is 0 Å². The van der Waals surface area contributed by atoms with Crippen LogP contribution in [-0.4, -0.2) is 12.6 Å². The first-order chi connectivity index (χ1) is 11.3. The zero-order valence-corrected chi connectivity index (χ0v) is 12.4. The summed E-state index contributed by atoms with van der Waals surface area (Å²) in [5, 5.41) is 18.0. The van der Waals surface area contributed by atoms with Crippen LogP contribution in [0.2, 0.25) is 0 Å². The molecule has 0 aromatic heterocycles. The molecule has 0 amide bonds. The minimum absolute atomic E-state index is 0.0304. The summed E-state index contributed by atoms with van der Waals surface area (Å²) in [7, 11) is 0. The van der Waals surface area contributed by atoms with E-state index in [1.165, 1.54) is 0 Å². The summed E-state index contributed by atoms with van der Waals surface area (Å²) < 4.78 is 5.02. The number of benzene rings is 2. The number of carbonyl (C=O) groups excluding carboxylic acids is 1. The van der Waals surface area contributed by atoms with E-state index in [1.807, 2.05) is 72.8 Å². The summed E-state index contributed by atoms with van der Waals surface area (Å²) in [5.41, 5.74) is 1.97. The van der Waals surface area contributed by atoms with Crippen LogP contribution in [0.15, 0.2) is 66.2 Å². The van der Waals surface area contributed by atoms with Crippen LogP contribution in [0.3, 0.4) is 0 Å². The van der Waals surface area contributed by atoms with E-state index in [-0.39, 0.29) is 18.6 Å². The number of nitriles is 2. The van der Waals surface area contributed by atoms with Crippen LogP contribution >= 0.6 is 0 Å². The van der Waals surface area contributed by atoms with Crippen molar-refractivity contribution in [1.29, 1.82) is 10.5 Å². The van der Waals surface area contributed by atoms with E-state index in [0.29, 0.717) is 5.57 Å². The highest BCUT2D eigenvalue weighted by molar-refractivity contribution is 6.05. The fourth-order valence-corrected chi connectivity index (χ4v) is 2.13. The second kappa shape index (κ2) is 8.17. The Bertz CT molecular complexity index is 740. The first-order valence-electron chi connectivity index (χ1n) is 7.07. The molecule has 2 rings (SSSR count). The zero-order valence-electron chi connectivity index (χ0n) is 12.4. The Balaban J connectivity index is 2.52. The number of nitrogens with zero attached hydrogens (tertiary/aromatic N) is 2. The van der Waals surface area contributed by atoms with Crippen molar-refractivity contribution in [2.45, 2.75) is 6.42 Å². The van der Waals surface area contributed by atoms with Gasteiger partial charge in [0.05, 0.1) is 12.5 Å². The molecular formula is C19H14N2O2. The normalized spacial score (nSPS) is 9.30. The smallest absolute Gasteiger partial charge is 0.349 e. The molecular weight excluding hydrogens is 288 g/mol. The van der Waals surface area contributed by atoms with Gasteiger partial charge in [-0.1, -0.05) is 60.7 Å². The lowest BCUT2D eigenvalue weighted by Gasteiger charge is -2.11. The van der Waals surface area contributed by atoms with Crippen LogP contribution in [0.1, 0.15) is 17.5 Å². The second-order valence-electron chi connectivity index (χ2n) is 4.64. The van der Waals surface area contributed by atoms with E-state index in [4.69, 9.17) is 10.00 Å². The van der Waals surface area contributed by atoms with E-state index in [9.17, 15) is 10.1 Å². The molecule has 4 nitrogen and oxygen atoms in total. The molecule has 2 aromatic carbocycles. The molecule has 0 unspecified atom stereocenters. The molecule has 0 atom stereocenters. The fraction of sp³-hybridized carbons (Fsp3) is 0.105. The molecule has 0 aliphatic carbocycles. The van der Waals surface area contributed by atoms with Crippen molar-refractivity contribution in [3.8, 4) is 12.1 Å². The zero-order chi connectivity index (χ0) is 16.5. The van der Waals surface area contributed by atoms with E-state index in [0.717, 1.165) is 11.1 Å². The number of hydrogen-bond acceptors (Lipinski definition) is 4. The maximum atomic E-state index is 12.2. The lowest BCUT2D eigenvalue weighted by Crippen LogP contribution is -2.10. The van der Waals surface area contributed by atoms with Crippen LogP contribution in [0, 0.1) is 22.7 Å². The maximum Gasteiger partial charge on any atom is 0.349 e. The molecule has 0 aliphatic heterocycles. The number of rotatable bonds is 5. The average molecular weight is 302 g/mol. The Morgan fingerprint density at radius 1 is 0.913 bits per heavy atom. The van der Waals surface area contributed by atoms with Gasteiger partial charge in [-0.2, -0.15) is 10.5 Å². The van der Waals surface area contributed by atoms with Crippen LogP contribution in [0.4, 0.5) is 0 Å². The van der Waals surface area contributed by atoms with Gasteiger partial charge in [-0.05, 0) is 11.1 Å². The Labute approximate surface area is 134 Å². The second-order valence-corrected chi connectivity index (χ2v) is 4.64. The number of carbonyl (C=O) groups is 1. The fourth-order valence-electron chi connectivity index (χ4n) is 2.13. The first-order valence-corrected chi connectivity index (χ1v) is 7.07.